The van der Waals surface area contributed by atoms with Crippen molar-refractivity contribution in [1.82, 2.24) is 4.98 Å². The number of aromatic nitrogens is 1. The van der Waals surface area contributed by atoms with E-state index in [2.05, 4.69) is 126 Å². The van der Waals surface area contributed by atoms with E-state index in [1.165, 1.54) is 44.2 Å². The molecule has 0 aliphatic heterocycles. The maximum absolute atomic E-state index is 6.21. The van der Waals surface area contributed by atoms with Crippen molar-refractivity contribution in [2.75, 3.05) is 4.90 Å². The molecule has 8 aromatic rings. The summed E-state index contributed by atoms with van der Waals surface area (Å²) in [6, 6.07) is 51.5. The van der Waals surface area contributed by atoms with Gasteiger partial charge < -0.3 is 4.42 Å². The van der Waals surface area contributed by atoms with E-state index in [4.69, 9.17) is 9.40 Å². The van der Waals surface area contributed by atoms with Gasteiger partial charge in [0, 0.05) is 22.1 Å². The normalized spacial score (nSPS) is 11.8. The molecule has 196 valence electrons. The van der Waals surface area contributed by atoms with Crippen molar-refractivity contribution in [1.29, 1.82) is 0 Å². The molecule has 0 bridgehead atoms. The minimum absolute atomic E-state index is 0.637. The summed E-state index contributed by atoms with van der Waals surface area (Å²) in [5, 5.41) is 4.69. The third-order valence-electron chi connectivity index (χ3n) is 8.44. The zero-order valence-electron chi connectivity index (χ0n) is 22.7. The molecule has 0 unspecified atom stereocenters. The molecule has 0 spiro atoms. The van der Waals surface area contributed by atoms with Crippen molar-refractivity contribution in [2.45, 2.75) is 0 Å². The SMILES string of the molecule is c1ccc(-c2ccc(N(c3ccc4c(c3)-c3cccc5cccc-4c35)c3ccc4c(n3)oc3ccccc34)cc2)cc1. The fraction of sp³-hybridized carbons (Fsp3) is 0. The topological polar surface area (TPSA) is 29.3 Å². The molecular weight excluding hydrogens is 512 g/mol. The summed E-state index contributed by atoms with van der Waals surface area (Å²) < 4.78 is 6.21. The molecule has 3 heteroatoms. The van der Waals surface area contributed by atoms with E-state index in [-0.39, 0.29) is 0 Å². The zero-order chi connectivity index (χ0) is 27.6. The Morgan fingerprint density at radius 3 is 2.02 bits per heavy atom. The maximum atomic E-state index is 6.21. The third-order valence-corrected chi connectivity index (χ3v) is 8.44. The van der Waals surface area contributed by atoms with E-state index in [0.29, 0.717) is 5.71 Å². The van der Waals surface area contributed by atoms with E-state index < -0.39 is 0 Å². The van der Waals surface area contributed by atoms with Gasteiger partial charge in [-0.1, -0.05) is 103 Å². The first kappa shape index (κ1) is 23.1. The van der Waals surface area contributed by atoms with Gasteiger partial charge >= 0.3 is 0 Å². The first-order valence-corrected chi connectivity index (χ1v) is 14.2. The second kappa shape index (κ2) is 8.92. The number of pyridine rings is 1. The molecule has 0 N–H and O–H groups in total. The van der Waals surface area contributed by atoms with E-state index in [1.807, 2.05) is 24.3 Å². The van der Waals surface area contributed by atoms with Crippen LogP contribution in [-0.4, -0.2) is 4.98 Å². The number of anilines is 3. The predicted molar refractivity (Wildman–Crippen MR) is 174 cm³/mol. The summed E-state index contributed by atoms with van der Waals surface area (Å²) in [5.74, 6) is 0.808. The highest BCUT2D eigenvalue weighted by atomic mass is 16.3. The highest BCUT2D eigenvalue weighted by Gasteiger charge is 2.24. The number of nitrogens with zero attached hydrogens (tertiary/aromatic N) is 2. The maximum Gasteiger partial charge on any atom is 0.229 e. The number of benzene rings is 6. The van der Waals surface area contributed by atoms with Gasteiger partial charge in [-0.25, -0.2) is 0 Å². The van der Waals surface area contributed by atoms with Crippen molar-refractivity contribution >= 4 is 50.0 Å². The Morgan fingerprint density at radius 2 is 1.19 bits per heavy atom. The van der Waals surface area contributed by atoms with Crippen molar-refractivity contribution < 1.29 is 4.42 Å². The standard InChI is InChI=1S/C39H24N2O/c1-2-8-25(9-3-1)26-16-18-28(19-17-26)41(37-23-22-34-31-12-4-5-15-36(31)42-39(34)40-37)29-20-21-30-32-13-6-10-27-11-7-14-33(38(27)32)35(30)24-29/h1-24H. The lowest BCUT2D eigenvalue weighted by molar-refractivity contribution is 0.654. The highest BCUT2D eigenvalue weighted by molar-refractivity contribution is 6.15. The Balaban J connectivity index is 1.23. The van der Waals surface area contributed by atoms with Crippen molar-refractivity contribution in [2.24, 2.45) is 0 Å². The summed E-state index contributed by atoms with van der Waals surface area (Å²) >= 11 is 0. The number of furan rings is 1. The molecule has 0 saturated heterocycles. The number of hydrogen-bond acceptors (Lipinski definition) is 3. The molecule has 2 heterocycles. The number of para-hydroxylation sites is 1. The molecule has 6 aromatic carbocycles. The lowest BCUT2D eigenvalue weighted by Gasteiger charge is -2.25. The smallest absolute Gasteiger partial charge is 0.229 e. The highest BCUT2D eigenvalue weighted by Crippen LogP contribution is 2.49. The summed E-state index contributed by atoms with van der Waals surface area (Å²) in [6.07, 6.45) is 0. The summed E-state index contributed by atoms with van der Waals surface area (Å²) in [7, 11) is 0. The minimum Gasteiger partial charge on any atom is -0.438 e. The van der Waals surface area contributed by atoms with Crippen LogP contribution < -0.4 is 4.90 Å². The molecular formula is C39H24N2O. The van der Waals surface area contributed by atoms with Crippen LogP contribution in [0.4, 0.5) is 17.2 Å². The number of hydrogen-bond donors (Lipinski definition) is 0. The van der Waals surface area contributed by atoms with Crippen molar-refractivity contribution in [3.63, 3.8) is 0 Å². The van der Waals surface area contributed by atoms with E-state index in [9.17, 15) is 0 Å². The van der Waals surface area contributed by atoms with Gasteiger partial charge in [-0.2, -0.15) is 4.98 Å². The van der Waals surface area contributed by atoms with Gasteiger partial charge in [-0.15, -0.1) is 0 Å². The van der Waals surface area contributed by atoms with Crippen LogP contribution in [0.5, 0.6) is 0 Å². The van der Waals surface area contributed by atoms with Crippen LogP contribution in [0.25, 0.3) is 66.2 Å². The van der Waals surface area contributed by atoms with Crippen molar-refractivity contribution in [3.05, 3.63) is 146 Å². The minimum atomic E-state index is 0.637. The Kier molecular flexibility index (Phi) is 4.90. The second-order valence-corrected chi connectivity index (χ2v) is 10.8. The van der Waals surface area contributed by atoms with E-state index >= 15 is 0 Å². The molecule has 0 fully saturated rings. The number of rotatable bonds is 4. The summed E-state index contributed by atoms with van der Waals surface area (Å²) in [4.78, 5) is 7.30. The van der Waals surface area contributed by atoms with Crippen molar-refractivity contribution in [3.8, 4) is 33.4 Å². The first-order chi connectivity index (χ1) is 20.8. The molecule has 0 atom stereocenters. The Morgan fingerprint density at radius 1 is 0.476 bits per heavy atom. The first-order valence-electron chi connectivity index (χ1n) is 14.2. The lowest BCUT2D eigenvalue weighted by atomic mass is 10.0. The van der Waals surface area contributed by atoms with Crippen LogP contribution in [0.3, 0.4) is 0 Å². The van der Waals surface area contributed by atoms with E-state index in [0.717, 1.165) is 33.5 Å². The fourth-order valence-electron chi connectivity index (χ4n) is 6.49. The summed E-state index contributed by atoms with van der Waals surface area (Å²) in [5.41, 5.74) is 11.0. The van der Waals surface area contributed by atoms with Crippen LogP contribution in [0.2, 0.25) is 0 Å². The van der Waals surface area contributed by atoms with Gasteiger partial charge in [-0.3, -0.25) is 4.90 Å². The second-order valence-electron chi connectivity index (χ2n) is 10.8. The Hall–Kier alpha value is -5.67. The Bertz CT molecular complexity index is 2290. The van der Waals surface area contributed by atoms with Gasteiger partial charge in [-0.05, 0) is 86.6 Å². The van der Waals surface area contributed by atoms with Gasteiger partial charge in [0.15, 0.2) is 0 Å². The molecule has 1 aliphatic rings. The lowest BCUT2D eigenvalue weighted by Crippen LogP contribution is -2.11. The quantitative estimate of drug-likeness (QED) is 0.224. The average Bonchev–Trinajstić information content (AvgIpc) is 3.58. The van der Waals surface area contributed by atoms with Crippen LogP contribution in [-0.2, 0) is 0 Å². The van der Waals surface area contributed by atoms with Gasteiger partial charge in [0.05, 0.1) is 0 Å². The Labute approximate surface area is 242 Å². The molecule has 0 radical (unpaired) electrons. The fourth-order valence-corrected chi connectivity index (χ4v) is 6.49. The molecule has 3 nitrogen and oxygen atoms in total. The average molecular weight is 537 g/mol. The van der Waals surface area contributed by atoms with Gasteiger partial charge in [0.2, 0.25) is 5.71 Å². The molecule has 0 amide bonds. The van der Waals surface area contributed by atoms with Crippen LogP contribution in [0.15, 0.2) is 150 Å². The molecule has 42 heavy (non-hydrogen) atoms. The molecule has 0 saturated carbocycles. The van der Waals surface area contributed by atoms with E-state index in [1.54, 1.807) is 0 Å². The summed E-state index contributed by atoms with van der Waals surface area (Å²) in [6.45, 7) is 0. The molecule has 9 rings (SSSR count). The van der Waals surface area contributed by atoms with Crippen LogP contribution in [0.1, 0.15) is 0 Å². The van der Waals surface area contributed by atoms with Crippen LogP contribution in [0, 0.1) is 0 Å². The zero-order valence-corrected chi connectivity index (χ0v) is 22.7. The largest absolute Gasteiger partial charge is 0.438 e. The molecule has 2 aromatic heterocycles. The van der Waals surface area contributed by atoms with Gasteiger partial charge in [0.1, 0.15) is 11.4 Å². The third kappa shape index (κ3) is 3.44. The van der Waals surface area contributed by atoms with Gasteiger partial charge in [0.25, 0.3) is 0 Å². The predicted octanol–water partition coefficient (Wildman–Crippen LogP) is 10.9. The number of fused-ring (bicyclic) bond motifs is 6. The van der Waals surface area contributed by atoms with Crippen LogP contribution >= 0.6 is 0 Å². The monoisotopic (exact) mass is 536 g/mol. The molecule has 1 aliphatic carbocycles.